The van der Waals surface area contributed by atoms with Gasteiger partial charge in [-0.05, 0) is 26.7 Å². The van der Waals surface area contributed by atoms with Gasteiger partial charge in [-0.3, -0.25) is 4.79 Å². The molecule has 0 aromatic heterocycles. The molecule has 0 unspecified atom stereocenters. The summed E-state index contributed by atoms with van der Waals surface area (Å²) in [5, 5.41) is 0. The van der Waals surface area contributed by atoms with Crippen molar-refractivity contribution >= 4 is 5.97 Å². The zero-order chi connectivity index (χ0) is 10.6. The molecule has 0 amide bonds. The van der Waals surface area contributed by atoms with Crippen molar-refractivity contribution in [2.75, 3.05) is 0 Å². The molecule has 2 N–H and O–H groups in total. The van der Waals surface area contributed by atoms with Crippen LogP contribution in [0.1, 0.15) is 52.4 Å². The number of hydrogen-bond donors (Lipinski definition) is 1. The van der Waals surface area contributed by atoms with Crippen molar-refractivity contribution in [3.63, 3.8) is 0 Å². The summed E-state index contributed by atoms with van der Waals surface area (Å²) in [6.07, 6.45) is 5.96. The number of nitrogens with two attached hydrogens (primary N) is 1. The van der Waals surface area contributed by atoms with Crippen LogP contribution in [0.2, 0.25) is 0 Å². The highest BCUT2D eigenvalue weighted by atomic mass is 16.5. The van der Waals surface area contributed by atoms with Crippen LogP contribution in [0.4, 0.5) is 0 Å². The smallest absolute Gasteiger partial charge is 0.326 e. The second-order valence-corrected chi connectivity index (χ2v) is 4.52. The van der Waals surface area contributed by atoms with Gasteiger partial charge in [-0.15, -0.1) is 0 Å². The Balaban J connectivity index is 2.56. The van der Waals surface area contributed by atoms with Gasteiger partial charge in [-0.25, -0.2) is 0 Å². The molecule has 0 spiro atoms. The molecule has 3 nitrogen and oxygen atoms in total. The number of esters is 1. The first kappa shape index (κ1) is 11.5. The summed E-state index contributed by atoms with van der Waals surface area (Å²) in [4.78, 5) is 11.7. The number of hydrogen-bond acceptors (Lipinski definition) is 3. The summed E-state index contributed by atoms with van der Waals surface area (Å²) in [6.45, 7) is 3.72. The molecule has 0 radical (unpaired) electrons. The largest absolute Gasteiger partial charge is 0.462 e. The molecule has 0 aromatic rings. The lowest BCUT2D eigenvalue weighted by molar-refractivity contribution is -0.154. The van der Waals surface area contributed by atoms with Gasteiger partial charge in [-0.1, -0.05) is 25.7 Å². The SMILES string of the molecule is CC(C)OC(=O)C1(N)CCCCCC1. The van der Waals surface area contributed by atoms with Gasteiger partial charge >= 0.3 is 5.97 Å². The van der Waals surface area contributed by atoms with Crippen molar-refractivity contribution in [3.05, 3.63) is 0 Å². The third-order valence-electron chi connectivity index (χ3n) is 2.75. The lowest BCUT2D eigenvalue weighted by atomic mass is 9.92. The van der Waals surface area contributed by atoms with E-state index in [9.17, 15) is 4.79 Å². The van der Waals surface area contributed by atoms with E-state index in [2.05, 4.69) is 0 Å². The topological polar surface area (TPSA) is 52.3 Å². The van der Waals surface area contributed by atoms with Gasteiger partial charge in [-0.2, -0.15) is 0 Å². The highest BCUT2D eigenvalue weighted by molar-refractivity contribution is 5.80. The average Bonchev–Trinajstić information content (AvgIpc) is 2.30. The molecule has 82 valence electrons. The van der Waals surface area contributed by atoms with Gasteiger partial charge in [0, 0.05) is 0 Å². The van der Waals surface area contributed by atoms with Crippen LogP contribution in [0.25, 0.3) is 0 Å². The Morgan fingerprint density at radius 2 is 1.71 bits per heavy atom. The summed E-state index contributed by atoms with van der Waals surface area (Å²) in [5.41, 5.74) is 5.37. The molecule has 1 saturated carbocycles. The van der Waals surface area contributed by atoms with Crippen LogP contribution in [-0.4, -0.2) is 17.6 Å². The maximum Gasteiger partial charge on any atom is 0.326 e. The van der Waals surface area contributed by atoms with Crippen molar-refractivity contribution in [2.24, 2.45) is 5.73 Å². The van der Waals surface area contributed by atoms with Crippen LogP contribution in [0.3, 0.4) is 0 Å². The van der Waals surface area contributed by atoms with E-state index in [1.165, 1.54) is 12.8 Å². The normalized spacial score (nSPS) is 21.7. The van der Waals surface area contributed by atoms with Crippen LogP contribution in [-0.2, 0) is 9.53 Å². The maximum absolute atomic E-state index is 11.7. The van der Waals surface area contributed by atoms with Crippen molar-refractivity contribution < 1.29 is 9.53 Å². The molecule has 1 fully saturated rings. The highest BCUT2D eigenvalue weighted by Crippen LogP contribution is 2.26. The third kappa shape index (κ3) is 2.98. The second-order valence-electron chi connectivity index (χ2n) is 4.52. The minimum atomic E-state index is -0.708. The van der Waals surface area contributed by atoms with Gasteiger partial charge in [0.15, 0.2) is 0 Å². The average molecular weight is 199 g/mol. The Kier molecular flexibility index (Phi) is 3.93. The van der Waals surface area contributed by atoms with E-state index in [1.807, 2.05) is 13.8 Å². The summed E-state index contributed by atoms with van der Waals surface area (Å²) < 4.78 is 5.18. The van der Waals surface area contributed by atoms with Crippen molar-refractivity contribution in [3.8, 4) is 0 Å². The van der Waals surface area contributed by atoms with E-state index in [-0.39, 0.29) is 12.1 Å². The molecule has 1 aliphatic carbocycles. The van der Waals surface area contributed by atoms with Gasteiger partial charge < -0.3 is 10.5 Å². The van der Waals surface area contributed by atoms with Crippen LogP contribution in [0, 0.1) is 0 Å². The Morgan fingerprint density at radius 1 is 1.21 bits per heavy atom. The van der Waals surface area contributed by atoms with Crippen LogP contribution < -0.4 is 5.73 Å². The van der Waals surface area contributed by atoms with E-state index in [1.54, 1.807) is 0 Å². The van der Waals surface area contributed by atoms with Crippen LogP contribution >= 0.6 is 0 Å². The fraction of sp³-hybridized carbons (Fsp3) is 0.909. The molecule has 1 aliphatic rings. The lowest BCUT2D eigenvalue weighted by Gasteiger charge is -2.26. The summed E-state index contributed by atoms with van der Waals surface area (Å²) >= 11 is 0. The highest BCUT2D eigenvalue weighted by Gasteiger charge is 2.36. The summed E-state index contributed by atoms with van der Waals surface area (Å²) in [6, 6.07) is 0. The van der Waals surface area contributed by atoms with Crippen molar-refractivity contribution in [1.29, 1.82) is 0 Å². The Hall–Kier alpha value is -0.570. The Bertz CT molecular complexity index is 193. The zero-order valence-electron chi connectivity index (χ0n) is 9.21. The minimum Gasteiger partial charge on any atom is -0.462 e. The number of carbonyl (C=O) groups excluding carboxylic acids is 1. The molecule has 14 heavy (non-hydrogen) atoms. The molecule has 1 rings (SSSR count). The molecule has 0 aromatic carbocycles. The quantitative estimate of drug-likeness (QED) is 0.546. The van der Waals surface area contributed by atoms with Gasteiger partial charge in [0.2, 0.25) is 0 Å². The van der Waals surface area contributed by atoms with E-state index >= 15 is 0 Å². The summed E-state index contributed by atoms with van der Waals surface area (Å²) in [7, 11) is 0. The molecular formula is C11H21NO2. The first-order valence-electron chi connectivity index (χ1n) is 5.54. The van der Waals surface area contributed by atoms with E-state index < -0.39 is 5.54 Å². The molecule has 0 bridgehead atoms. The predicted molar refractivity (Wildman–Crippen MR) is 55.8 cm³/mol. The predicted octanol–water partition coefficient (Wildman–Crippen LogP) is 1.99. The number of rotatable bonds is 2. The zero-order valence-corrected chi connectivity index (χ0v) is 9.21. The molecule has 3 heteroatoms. The molecule has 0 atom stereocenters. The first-order chi connectivity index (χ1) is 6.54. The van der Waals surface area contributed by atoms with E-state index in [4.69, 9.17) is 10.5 Å². The molecule has 0 saturated heterocycles. The van der Waals surface area contributed by atoms with Crippen molar-refractivity contribution in [1.82, 2.24) is 0 Å². The fourth-order valence-electron chi connectivity index (χ4n) is 1.90. The van der Waals surface area contributed by atoms with Crippen molar-refractivity contribution in [2.45, 2.75) is 64.0 Å². The summed E-state index contributed by atoms with van der Waals surface area (Å²) in [5.74, 6) is -0.214. The number of ether oxygens (including phenoxy) is 1. The Labute approximate surface area is 86.0 Å². The minimum absolute atomic E-state index is 0.0637. The first-order valence-corrected chi connectivity index (χ1v) is 5.54. The lowest BCUT2D eigenvalue weighted by Crippen LogP contribution is -2.49. The Morgan fingerprint density at radius 3 is 2.14 bits per heavy atom. The standard InChI is InChI=1S/C11H21NO2/c1-9(2)14-10(13)11(12)7-5-3-4-6-8-11/h9H,3-8,12H2,1-2H3. The molecule has 0 aliphatic heterocycles. The molecular weight excluding hydrogens is 178 g/mol. The number of carbonyl (C=O) groups is 1. The molecule has 0 heterocycles. The maximum atomic E-state index is 11.7. The fourth-order valence-corrected chi connectivity index (χ4v) is 1.90. The van der Waals surface area contributed by atoms with Crippen LogP contribution in [0.5, 0.6) is 0 Å². The van der Waals surface area contributed by atoms with Crippen LogP contribution in [0.15, 0.2) is 0 Å². The van der Waals surface area contributed by atoms with Gasteiger partial charge in [0.1, 0.15) is 5.54 Å². The van der Waals surface area contributed by atoms with E-state index in [0.29, 0.717) is 0 Å². The third-order valence-corrected chi connectivity index (χ3v) is 2.75. The second kappa shape index (κ2) is 4.78. The van der Waals surface area contributed by atoms with Gasteiger partial charge in [0.05, 0.1) is 6.10 Å². The monoisotopic (exact) mass is 199 g/mol. The van der Waals surface area contributed by atoms with E-state index in [0.717, 1.165) is 25.7 Å². The van der Waals surface area contributed by atoms with Gasteiger partial charge in [0.25, 0.3) is 0 Å².